The Hall–Kier alpha value is -4.39. The molecule has 5 rings (SSSR count). The molecule has 0 bridgehead atoms. The second kappa shape index (κ2) is 8.51. The molecule has 0 spiro atoms. The molecule has 2 heterocycles. The van der Waals surface area contributed by atoms with Gasteiger partial charge in [0.05, 0.1) is 22.5 Å². The standard InChI is InChI=1S/C27H23FN4O2/c1-17-23(26(33)31(29-17)21-12-5-3-6-13-21)25(19-10-9-11-20(28)16-19)24-18(2)30-32(27(24)34)22-14-7-4-8-15-22/h3-16,25,29-30H,1-2H3. The molecule has 0 unspecified atom stereocenters. The van der Waals surface area contributed by atoms with Crippen molar-refractivity contribution in [2.45, 2.75) is 19.8 Å². The zero-order valence-electron chi connectivity index (χ0n) is 18.7. The smallest absolute Gasteiger partial charge is 0.275 e. The van der Waals surface area contributed by atoms with Crippen molar-refractivity contribution >= 4 is 0 Å². The van der Waals surface area contributed by atoms with Crippen LogP contribution >= 0.6 is 0 Å². The molecule has 2 aromatic heterocycles. The molecule has 0 atom stereocenters. The number of rotatable bonds is 5. The molecule has 34 heavy (non-hydrogen) atoms. The topological polar surface area (TPSA) is 75.6 Å². The van der Waals surface area contributed by atoms with Gasteiger partial charge in [-0.2, -0.15) is 0 Å². The van der Waals surface area contributed by atoms with Crippen LogP contribution in [-0.2, 0) is 0 Å². The van der Waals surface area contributed by atoms with Crippen molar-refractivity contribution < 1.29 is 4.39 Å². The maximum Gasteiger partial charge on any atom is 0.275 e. The average molecular weight is 455 g/mol. The Balaban J connectivity index is 1.78. The number of nitrogens with one attached hydrogen (secondary N) is 2. The first-order valence-corrected chi connectivity index (χ1v) is 10.9. The van der Waals surface area contributed by atoms with E-state index in [-0.39, 0.29) is 11.1 Å². The number of halogens is 1. The van der Waals surface area contributed by atoms with Gasteiger partial charge < -0.3 is 0 Å². The van der Waals surface area contributed by atoms with Gasteiger partial charge in [0.15, 0.2) is 0 Å². The van der Waals surface area contributed by atoms with Crippen molar-refractivity contribution in [1.29, 1.82) is 0 Å². The van der Waals surface area contributed by atoms with Crippen LogP contribution in [0.4, 0.5) is 4.39 Å². The van der Waals surface area contributed by atoms with E-state index in [9.17, 15) is 14.0 Å². The highest BCUT2D eigenvalue weighted by Gasteiger charge is 2.31. The summed E-state index contributed by atoms with van der Waals surface area (Å²) in [6.45, 7) is 3.58. The van der Waals surface area contributed by atoms with Crippen LogP contribution in [0.25, 0.3) is 11.4 Å². The molecule has 6 nitrogen and oxygen atoms in total. The number of aromatic amines is 2. The summed E-state index contributed by atoms with van der Waals surface area (Å²) in [6.07, 6.45) is 0. The van der Waals surface area contributed by atoms with Crippen LogP contribution < -0.4 is 11.1 Å². The van der Waals surface area contributed by atoms with Gasteiger partial charge in [0.25, 0.3) is 11.1 Å². The van der Waals surface area contributed by atoms with E-state index in [0.29, 0.717) is 39.5 Å². The van der Waals surface area contributed by atoms with E-state index in [0.717, 1.165) is 0 Å². The molecule has 0 fully saturated rings. The Labute approximate surface area is 194 Å². The molecule has 2 N–H and O–H groups in total. The first kappa shape index (κ1) is 21.5. The van der Waals surface area contributed by atoms with Crippen LogP contribution in [-0.4, -0.2) is 19.6 Å². The summed E-state index contributed by atoms with van der Waals surface area (Å²) in [5.74, 6) is -1.20. The minimum Gasteiger partial charge on any atom is -0.295 e. The Morgan fingerprint density at radius 2 is 1.15 bits per heavy atom. The quantitative estimate of drug-likeness (QED) is 0.408. The third-order valence-electron chi connectivity index (χ3n) is 6.02. The van der Waals surface area contributed by atoms with Crippen molar-refractivity contribution in [1.82, 2.24) is 19.6 Å². The lowest BCUT2D eigenvalue weighted by Gasteiger charge is -2.16. The van der Waals surface area contributed by atoms with Crippen molar-refractivity contribution in [3.05, 3.63) is 140 Å². The Morgan fingerprint density at radius 1 is 0.676 bits per heavy atom. The summed E-state index contributed by atoms with van der Waals surface area (Å²) >= 11 is 0. The summed E-state index contributed by atoms with van der Waals surface area (Å²) in [5.41, 5.74) is 3.30. The lowest BCUT2D eigenvalue weighted by Crippen LogP contribution is -2.25. The molecule has 7 heteroatoms. The molecule has 0 aliphatic rings. The monoisotopic (exact) mass is 454 g/mol. The molecule has 0 saturated heterocycles. The average Bonchev–Trinajstić information content (AvgIpc) is 3.31. The lowest BCUT2D eigenvalue weighted by molar-refractivity contribution is 0.624. The van der Waals surface area contributed by atoms with Crippen LogP contribution in [0.1, 0.15) is 34.0 Å². The van der Waals surface area contributed by atoms with Crippen LogP contribution in [0.15, 0.2) is 94.5 Å². The molecule has 170 valence electrons. The van der Waals surface area contributed by atoms with Crippen LogP contribution in [0.3, 0.4) is 0 Å². The first-order valence-electron chi connectivity index (χ1n) is 10.9. The van der Waals surface area contributed by atoms with Gasteiger partial charge in [-0.3, -0.25) is 19.8 Å². The molecule has 3 aromatic carbocycles. The zero-order chi connectivity index (χ0) is 23.8. The second-order valence-electron chi connectivity index (χ2n) is 8.24. The van der Waals surface area contributed by atoms with Gasteiger partial charge in [0.2, 0.25) is 0 Å². The summed E-state index contributed by atoms with van der Waals surface area (Å²) in [6, 6.07) is 24.5. The molecular weight excluding hydrogens is 431 g/mol. The van der Waals surface area contributed by atoms with Gasteiger partial charge in [-0.05, 0) is 55.8 Å². The third kappa shape index (κ3) is 3.61. The van der Waals surface area contributed by atoms with E-state index in [4.69, 9.17) is 0 Å². The Kier molecular flexibility index (Phi) is 5.37. The van der Waals surface area contributed by atoms with Crippen LogP contribution in [0, 0.1) is 19.7 Å². The summed E-state index contributed by atoms with van der Waals surface area (Å²) < 4.78 is 17.2. The van der Waals surface area contributed by atoms with Crippen LogP contribution in [0.5, 0.6) is 0 Å². The normalized spacial score (nSPS) is 11.3. The third-order valence-corrected chi connectivity index (χ3v) is 6.02. The Morgan fingerprint density at radius 3 is 1.59 bits per heavy atom. The van der Waals surface area contributed by atoms with E-state index in [2.05, 4.69) is 10.2 Å². The number of aryl methyl sites for hydroxylation is 2. The molecule has 5 aromatic rings. The van der Waals surface area contributed by atoms with Crippen molar-refractivity contribution in [3.63, 3.8) is 0 Å². The zero-order valence-corrected chi connectivity index (χ0v) is 18.7. The Bertz CT molecular complexity index is 1480. The van der Waals surface area contributed by atoms with Gasteiger partial charge >= 0.3 is 0 Å². The maximum absolute atomic E-state index is 14.3. The SMILES string of the molecule is Cc1[nH]n(-c2ccccc2)c(=O)c1C(c1cccc(F)c1)c1c(C)[nH]n(-c2ccccc2)c1=O. The molecule has 0 aliphatic heterocycles. The number of nitrogens with zero attached hydrogens (tertiary/aromatic N) is 2. The summed E-state index contributed by atoms with van der Waals surface area (Å²) in [5, 5.41) is 6.27. The highest BCUT2D eigenvalue weighted by molar-refractivity contribution is 5.47. The summed E-state index contributed by atoms with van der Waals surface area (Å²) in [4.78, 5) is 27.4. The van der Waals surface area contributed by atoms with E-state index in [1.165, 1.54) is 21.5 Å². The number of hydrogen-bond donors (Lipinski definition) is 2. The maximum atomic E-state index is 14.3. The fourth-order valence-electron chi connectivity index (χ4n) is 4.48. The number of hydrogen-bond acceptors (Lipinski definition) is 2. The number of para-hydroxylation sites is 2. The highest BCUT2D eigenvalue weighted by atomic mass is 19.1. The largest absolute Gasteiger partial charge is 0.295 e. The molecular formula is C27H23FN4O2. The van der Waals surface area contributed by atoms with E-state index < -0.39 is 11.7 Å². The van der Waals surface area contributed by atoms with E-state index in [1.54, 1.807) is 26.0 Å². The first-order chi connectivity index (χ1) is 16.5. The predicted molar refractivity (Wildman–Crippen MR) is 130 cm³/mol. The summed E-state index contributed by atoms with van der Waals surface area (Å²) in [7, 11) is 0. The second-order valence-corrected chi connectivity index (χ2v) is 8.24. The van der Waals surface area contributed by atoms with Gasteiger partial charge in [-0.25, -0.2) is 13.8 Å². The molecule has 0 saturated carbocycles. The highest BCUT2D eigenvalue weighted by Crippen LogP contribution is 2.32. The predicted octanol–water partition coefficient (Wildman–Crippen LogP) is 4.58. The van der Waals surface area contributed by atoms with Crippen molar-refractivity contribution in [3.8, 4) is 11.4 Å². The van der Waals surface area contributed by atoms with Gasteiger partial charge in [0, 0.05) is 17.3 Å². The van der Waals surface area contributed by atoms with E-state index >= 15 is 0 Å². The minimum atomic E-state index is -0.766. The van der Waals surface area contributed by atoms with E-state index in [1.807, 2.05) is 60.7 Å². The van der Waals surface area contributed by atoms with Gasteiger partial charge in [-0.1, -0.05) is 48.5 Å². The molecule has 0 amide bonds. The van der Waals surface area contributed by atoms with Gasteiger partial charge in [-0.15, -0.1) is 0 Å². The fraction of sp³-hybridized carbons (Fsp3) is 0.111. The minimum absolute atomic E-state index is 0.288. The molecule has 0 radical (unpaired) electrons. The lowest BCUT2D eigenvalue weighted by atomic mass is 9.85. The fourth-order valence-corrected chi connectivity index (χ4v) is 4.48. The van der Waals surface area contributed by atoms with Gasteiger partial charge in [0.1, 0.15) is 5.82 Å². The molecule has 0 aliphatic carbocycles. The van der Waals surface area contributed by atoms with Crippen molar-refractivity contribution in [2.24, 2.45) is 0 Å². The van der Waals surface area contributed by atoms with Crippen LogP contribution in [0.2, 0.25) is 0 Å². The number of benzene rings is 3. The number of aromatic nitrogens is 4. The van der Waals surface area contributed by atoms with Crippen molar-refractivity contribution in [2.75, 3.05) is 0 Å². The number of H-pyrrole nitrogens is 2.